The number of halogens is 3. The molecule has 2 aromatic carbocycles. The Morgan fingerprint density at radius 1 is 1.25 bits per heavy atom. The van der Waals surface area contributed by atoms with Gasteiger partial charge >= 0.3 is 5.69 Å². The van der Waals surface area contributed by atoms with Crippen LogP contribution in [0.25, 0.3) is 0 Å². The van der Waals surface area contributed by atoms with Gasteiger partial charge in [0.05, 0.1) is 9.40 Å². The molecule has 0 aliphatic carbocycles. The maximum Gasteiger partial charge on any atom is 0.312 e. The third-order valence-electron chi connectivity index (χ3n) is 2.56. The van der Waals surface area contributed by atoms with E-state index in [9.17, 15) is 14.5 Å². The number of hydrogen-bond acceptors (Lipinski definition) is 3. The van der Waals surface area contributed by atoms with Crippen molar-refractivity contribution in [1.29, 1.82) is 0 Å². The van der Waals surface area contributed by atoms with Crippen LogP contribution in [0.2, 0.25) is 0 Å². The van der Waals surface area contributed by atoms with Crippen LogP contribution in [0.5, 0.6) is 11.5 Å². The minimum absolute atomic E-state index is 0.0466. The van der Waals surface area contributed by atoms with E-state index in [1.54, 1.807) is 12.1 Å². The van der Waals surface area contributed by atoms with Crippen LogP contribution in [0.1, 0.15) is 5.56 Å². The van der Waals surface area contributed by atoms with Gasteiger partial charge in [0, 0.05) is 17.0 Å². The largest absolute Gasteiger partial charge is 0.448 e. The van der Waals surface area contributed by atoms with Crippen molar-refractivity contribution in [2.75, 3.05) is 0 Å². The standard InChI is InChI=1S/C13H8Br2FNO3/c14-7-8-10(16)4-2-6-12(8)20-13-9(15)3-1-5-11(13)17(18)19/h1-6H,7H2. The molecule has 0 heterocycles. The van der Waals surface area contributed by atoms with Crippen molar-refractivity contribution in [3.63, 3.8) is 0 Å². The predicted molar refractivity (Wildman–Crippen MR) is 79.9 cm³/mol. The molecular weight excluding hydrogens is 397 g/mol. The quantitative estimate of drug-likeness (QED) is 0.400. The van der Waals surface area contributed by atoms with Gasteiger partial charge in [-0.3, -0.25) is 10.1 Å². The molecule has 0 aromatic heterocycles. The van der Waals surface area contributed by atoms with Crippen LogP contribution in [0, 0.1) is 15.9 Å². The minimum Gasteiger partial charge on any atom is -0.448 e. The molecule has 20 heavy (non-hydrogen) atoms. The van der Waals surface area contributed by atoms with E-state index in [-0.39, 0.29) is 22.5 Å². The topological polar surface area (TPSA) is 52.4 Å². The normalized spacial score (nSPS) is 10.3. The summed E-state index contributed by atoms with van der Waals surface area (Å²) < 4.78 is 19.6. The summed E-state index contributed by atoms with van der Waals surface area (Å²) in [6.07, 6.45) is 0. The molecule has 0 spiro atoms. The highest BCUT2D eigenvalue weighted by atomic mass is 79.9. The molecule has 0 atom stereocenters. The Morgan fingerprint density at radius 3 is 2.60 bits per heavy atom. The second-order valence-corrected chi connectivity index (χ2v) is 5.21. The van der Waals surface area contributed by atoms with Crippen molar-refractivity contribution in [2.45, 2.75) is 5.33 Å². The second-order valence-electron chi connectivity index (χ2n) is 3.80. The molecule has 0 aliphatic rings. The molecule has 7 heteroatoms. The SMILES string of the molecule is O=[N+]([O-])c1cccc(Br)c1Oc1cccc(F)c1CBr. The number of benzene rings is 2. The van der Waals surface area contributed by atoms with Crippen molar-refractivity contribution in [3.8, 4) is 11.5 Å². The fraction of sp³-hybridized carbons (Fsp3) is 0.0769. The number of nitro benzene ring substituents is 1. The summed E-state index contributed by atoms with van der Waals surface area (Å²) in [7, 11) is 0. The maximum atomic E-state index is 13.7. The summed E-state index contributed by atoms with van der Waals surface area (Å²) in [5, 5.41) is 11.3. The highest BCUT2D eigenvalue weighted by Gasteiger charge is 2.20. The number of rotatable bonds is 4. The molecule has 2 aromatic rings. The second kappa shape index (κ2) is 6.32. The Bertz CT molecular complexity index is 664. The van der Waals surface area contributed by atoms with Gasteiger partial charge in [0.15, 0.2) is 0 Å². The van der Waals surface area contributed by atoms with Gasteiger partial charge in [0.2, 0.25) is 5.75 Å². The van der Waals surface area contributed by atoms with Crippen molar-refractivity contribution < 1.29 is 14.1 Å². The first-order chi connectivity index (χ1) is 9.54. The fourth-order valence-electron chi connectivity index (χ4n) is 1.62. The minimum atomic E-state index is -0.548. The molecule has 0 fully saturated rings. The number of ether oxygens (including phenoxy) is 1. The molecule has 0 N–H and O–H groups in total. The third kappa shape index (κ3) is 2.99. The predicted octanol–water partition coefficient (Wildman–Crippen LogP) is 5.18. The molecule has 4 nitrogen and oxygen atoms in total. The average molecular weight is 405 g/mol. The van der Waals surface area contributed by atoms with Crippen LogP contribution < -0.4 is 4.74 Å². The summed E-state index contributed by atoms with van der Waals surface area (Å²) in [6.45, 7) is 0. The zero-order valence-electron chi connectivity index (χ0n) is 9.98. The Morgan fingerprint density at radius 2 is 1.95 bits per heavy atom. The maximum absolute atomic E-state index is 13.7. The highest BCUT2D eigenvalue weighted by molar-refractivity contribution is 9.10. The number of para-hydroxylation sites is 1. The van der Waals surface area contributed by atoms with Gasteiger partial charge in [0.25, 0.3) is 0 Å². The first kappa shape index (κ1) is 14.9. The van der Waals surface area contributed by atoms with E-state index in [2.05, 4.69) is 31.9 Å². The molecule has 0 amide bonds. The van der Waals surface area contributed by atoms with Crippen LogP contribution in [0.4, 0.5) is 10.1 Å². The molecule has 0 radical (unpaired) electrons. The van der Waals surface area contributed by atoms with E-state index >= 15 is 0 Å². The fourth-order valence-corrected chi connectivity index (χ4v) is 2.60. The zero-order valence-corrected chi connectivity index (χ0v) is 13.1. The molecule has 104 valence electrons. The lowest BCUT2D eigenvalue weighted by molar-refractivity contribution is -0.385. The molecule has 0 unspecified atom stereocenters. The molecule has 0 aliphatic heterocycles. The van der Waals surface area contributed by atoms with E-state index in [1.165, 1.54) is 24.3 Å². The Labute approximate surface area is 131 Å². The monoisotopic (exact) mass is 403 g/mol. The van der Waals surface area contributed by atoms with Gasteiger partial charge in [-0.15, -0.1) is 0 Å². The summed E-state index contributed by atoms with van der Waals surface area (Å²) in [6, 6.07) is 8.83. The van der Waals surface area contributed by atoms with Crippen molar-refractivity contribution in [1.82, 2.24) is 0 Å². The zero-order chi connectivity index (χ0) is 14.7. The molecule has 0 bridgehead atoms. The smallest absolute Gasteiger partial charge is 0.312 e. The lowest BCUT2D eigenvalue weighted by atomic mass is 10.2. The molecule has 2 rings (SSSR count). The summed E-state index contributed by atoms with van der Waals surface area (Å²) >= 11 is 6.38. The number of nitrogens with zero attached hydrogens (tertiary/aromatic N) is 1. The number of alkyl halides is 1. The van der Waals surface area contributed by atoms with Crippen molar-refractivity contribution in [2.24, 2.45) is 0 Å². The van der Waals surface area contributed by atoms with E-state index in [0.717, 1.165) is 0 Å². The van der Waals surface area contributed by atoms with Crippen LogP contribution in [0.15, 0.2) is 40.9 Å². The van der Waals surface area contributed by atoms with Crippen LogP contribution >= 0.6 is 31.9 Å². The number of nitro groups is 1. The van der Waals surface area contributed by atoms with Gasteiger partial charge in [-0.1, -0.05) is 28.1 Å². The van der Waals surface area contributed by atoms with Gasteiger partial charge < -0.3 is 4.74 Å². The first-order valence-electron chi connectivity index (χ1n) is 5.48. The van der Waals surface area contributed by atoms with Gasteiger partial charge in [-0.05, 0) is 34.1 Å². The highest BCUT2D eigenvalue weighted by Crippen LogP contribution is 2.39. The Kier molecular flexibility index (Phi) is 4.72. The lowest BCUT2D eigenvalue weighted by Gasteiger charge is -2.11. The van der Waals surface area contributed by atoms with E-state index < -0.39 is 10.7 Å². The first-order valence-corrected chi connectivity index (χ1v) is 7.40. The van der Waals surface area contributed by atoms with E-state index in [0.29, 0.717) is 10.0 Å². The summed E-state index contributed by atoms with van der Waals surface area (Å²) in [4.78, 5) is 10.5. The van der Waals surface area contributed by atoms with Crippen LogP contribution in [-0.2, 0) is 5.33 Å². The molecule has 0 saturated heterocycles. The van der Waals surface area contributed by atoms with Gasteiger partial charge in [-0.2, -0.15) is 0 Å². The van der Waals surface area contributed by atoms with Crippen molar-refractivity contribution >= 4 is 37.5 Å². The summed E-state index contributed by atoms with van der Waals surface area (Å²) in [5.74, 6) is -0.156. The van der Waals surface area contributed by atoms with Gasteiger partial charge in [-0.25, -0.2) is 4.39 Å². The Hall–Kier alpha value is -1.47. The third-order valence-corrected chi connectivity index (χ3v) is 3.75. The average Bonchev–Trinajstić information content (AvgIpc) is 2.41. The van der Waals surface area contributed by atoms with Crippen LogP contribution in [0.3, 0.4) is 0 Å². The van der Waals surface area contributed by atoms with Crippen LogP contribution in [-0.4, -0.2) is 4.92 Å². The van der Waals surface area contributed by atoms with Gasteiger partial charge in [0.1, 0.15) is 11.6 Å². The molecule has 0 saturated carbocycles. The molecular formula is C13H8Br2FNO3. The number of hydrogen-bond donors (Lipinski definition) is 0. The van der Waals surface area contributed by atoms with Crippen molar-refractivity contribution in [3.05, 3.63) is 62.4 Å². The Balaban J connectivity index is 2.50. The lowest BCUT2D eigenvalue weighted by Crippen LogP contribution is -1.97. The van der Waals surface area contributed by atoms with E-state index in [4.69, 9.17) is 4.74 Å². The van der Waals surface area contributed by atoms with E-state index in [1.807, 2.05) is 0 Å². The summed E-state index contributed by atoms with van der Waals surface area (Å²) in [5.41, 5.74) is 0.113.